The van der Waals surface area contributed by atoms with E-state index in [4.69, 9.17) is 0 Å². The third-order valence-corrected chi connectivity index (χ3v) is 3.38. The lowest BCUT2D eigenvalue weighted by atomic mass is 10.1. The number of nitrogens with one attached hydrogen (secondary N) is 1. The van der Waals surface area contributed by atoms with Gasteiger partial charge in [0.25, 0.3) is 0 Å². The Kier molecular flexibility index (Phi) is 5.88. The van der Waals surface area contributed by atoms with E-state index in [2.05, 4.69) is 43.4 Å². The topological polar surface area (TPSA) is 32.3 Å². The Balaban J connectivity index is 2.69. The van der Waals surface area contributed by atoms with Gasteiger partial charge in [0.15, 0.2) is 0 Å². The van der Waals surface area contributed by atoms with Crippen molar-refractivity contribution in [2.45, 2.75) is 37.8 Å². The molecule has 1 aromatic rings. The molecule has 3 heteroatoms. The summed E-state index contributed by atoms with van der Waals surface area (Å²) >= 11 is 1.86. The Labute approximate surface area is 102 Å². The lowest BCUT2D eigenvalue weighted by Crippen LogP contribution is -2.27. The fraction of sp³-hybridized carbons (Fsp3) is 0.538. The highest BCUT2D eigenvalue weighted by Gasteiger charge is 2.10. The van der Waals surface area contributed by atoms with Crippen molar-refractivity contribution >= 4 is 11.8 Å². The molecule has 2 nitrogen and oxygen atoms in total. The summed E-state index contributed by atoms with van der Waals surface area (Å²) in [5.41, 5.74) is 1.31. The molecule has 0 aromatic heterocycles. The number of hydrogen-bond acceptors (Lipinski definition) is 3. The molecule has 1 unspecified atom stereocenters. The number of aliphatic hydroxyl groups is 1. The van der Waals surface area contributed by atoms with Crippen LogP contribution in [0, 0.1) is 0 Å². The maximum Gasteiger partial charge on any atom is 0.0636 e. The predicted molar refractivity (Wildman–Crippen MR) is 70.9 cm³/mol. The molecule has 0 fully saturated rings. The van der Waals surface area contributed by atoms with Crippen molar-refractivity contribution in [2.75, 3.05) is 12.3 Å². The molecule has 0 aliphatic rings. The first-order valence-electron chi connectivity index (χ1n) is 5.78. The zero-order valence-corrected chi connectivity index (χ0v) is 11.1. The summed E-state index contributed by atoms with van der Waals surface area (Å²) in [5, 5.41) is 12.6. The fourth-order valence-corrected chi connectivity index (χ4v) is 2.48. The highest BCUT2D eigenvalue weighted by molar-refractivity contribution is 7.99. The van der Waals surface area contributed by atoms with E-state index in [1.54, 1.807) is 6.92 Å². The van der Waals surface area contributed by atoms with Crippen molar-refractivity contribution in [2.24, 2.45) is 0 Å². The lowest BCUT2D eigenvalue weighted by molar-refractivity contribution is 0.187. The summed E-state index contributed by atoms with van der Waals surface area (Å²) in [7, 11) is 0. The van der Waals surface area contributed by atoms with Gasteiger partial charge in [0, 0.05) is 17.5 Å². The Bertz CT molecular complexity index is 315. The summed E-state index contributed by atoms with van der Waals surface area (Å²) in [4.78, 5) is 1.33. The molecule has 0 amide bonds. The van der Waals surface area contributed by atoms with E-state index in [1.165, 1.54) is 10.5 Å². The largest absolute Gasteiger partial charge is 0.392 e. The van der Waals surface area contributed by atoms with Gasteiger partial charge in [0.05, 0.1) is 6.10 Å². The quantitative estimate of drug-likeness (QED) is 0.749. The van der Waals surface area contributed by atoms with Gasteiger partial charge in [-0.15, -0.1) is 11.8 Å². The minimum atomic E-state index is -0.298. The van der Waals surface area contributed by atoms with Gasteiger partial charge in [-0.3, -0.25) is 0 Å². The van der Waals surface area contributed by atoms with Crippen LogP contribution in [-0.4, -0.2) is 23.5 Å². The van der Waals surface area contributed by atoms with Gasteiger partial charge < -0.3 is 10.4 Å². The minimum Gasteiger partial charge on any atom is -0.392 e. The number of aliphatic hydroxyl groups excluding tert-OH is 1. The monoisotopic (exact) mass is 239 g/mol. The summed E-state index contributed by atoms with van der Waals surface area (Å²) < 4.78 is 0. The van der Waals surface area contributed by atoms with Crippen molar-refractivity contribution < 1.29 is 5.11 Å². The average molecular weight is 239 g/mol. The van der Waals surface area contributed by atoms with Gasteiger partial charge in [-0.1, -0.05) is 25.1 Å². The molecule has 0 aliphatic carbocycles. The van der Waals surface area contributed by atoms with Crippen molar-refractivity contribution in [3.63, 3.8) is 0 Å². The third-order valence-electron chi connectivity index (χ3n) is 2.40. The smallest absolute Gasteiger partial charge is 0.0636 e. The minimum absolute atomic E-state index is 0.282. The summed E-state index contributed by atoms with van der Waals surface area (Å²) in [6.07, 6.45) is -0.298. The second-order valence-corrected chi connectivity index (χ2v) is 5.26. The van der Waals surface area contributed by atoms with Crippen LogP contribution in [0.5, 0.6) is 0 Å². The Morgan fingerprint density at radius 3 is 2.62 bits per heavy atom. The molecule has 16 heavy (non-hydrogen) atoms. The van der Waals surface area contributed by atoms with E-state index < -0.39 is 0 Å². The highest BCUT2D eigenvalue weighted by atomic mass is 32.2. The van der Waals surface area contributed by atoms with Crippen LogP contribution in [0.4, 0.5) is 0 Å². The van der Waals surface area contributed by atoms with Crippen molar-refractivity contribution in [3.8, 4) is 0 Å². The van der Waals surface area contributed by atoms with E-state index in [1.807, 2.05) is 11.8 Å². The molecule has 0 saturated carbocycles. The second kappa shape index (κ2) is 6.94. The van der Waals surface area contributed by atoms with Crippen LogP contribution >= 0.6 is 11.8 Å². The van der Waals surface area contributed by atoms with Crippen LogP contribution in [0.25, 0.3) is 0 Å². The molecule has 0 heterocycles. The average Bonchev–Trinajstić information content (AvgIpc) is 2.27. The van der Waals surface area contributed by atoms with Crippen LogP contribution in [0.2, 0.25) is 0 Å². The summed E-state index contributed by atoms with van der Waals surface area (Å²) in [6.45, 7) is 6.73. The Morgan fingerprint density at radius 2 is 2.00 bits per heavy atom. The molecule has 0 spiro atoms. The van der Waals surface area contributed by atoms with E-state index in [0.717, 1.165) is 5.75 Å². The van der Waals surface area contributed by atoms with Gasteiger partial charge >= 0.3 is 0 Å². The molecule has 90 valence electrons. The van der Waals surface area contributed by atoms with Crippen molar-refractivity contribution in [1.29, 1.82) is 0 Å². The van der Waals surface area contributed by atoms with Crippen LogP contribution < -0.4 is 5.32 Å². The van der Waals surface area contributed by atoms with Gasteiger partial charge in [-0.05, 0) is 31.2 Å². The normalized spacial score (nSPS) is 14.8. The molecule has 1 aromatic carbocycles. The SMILES string of the molecule is CCSc1ccccc1C(C)NC[C@H](C)O. The van der Waals surface area contributed by atoms with Gasteiger partial charge in [-0.25, -0.2) is 0 Å². The molecule has 0 saturated heterocycles. The van der Waals surface area contributed by atoms with Gasteiger partial charge in [0.2, 0.25) is 0 Å². The maximum absolute atomic E-state index is 9.25. The molecule has 1 rings (SSSR count). The predicted octanol–water partition coefficient (Wildman–Crippen LogP) is 2.83. The lowest BCUT2D eigenvalue weighted by Gasteiger charge is -2.18. The number of thioether (sulfide) groups is 1. The molecule has 0 bridgehead atoms. The van der Waals surface area contributed by atoms with E-state index >= 15 is 0 Å². The molecule has 0 radical (unpaired) electrons. The molecular weight excluding hydrogens is 218 g/mol. The highest BCUT2D eigenvalue weighted by Crippen LogP contribution is 2.26. The number of benzene rings is 1. The zero-order valence-electron chi connectivity index (χ0n) is 10.2. The number of rotatable bonds is 6. The molecule has 0 aliphatic heterocycles. The standard InChI is InChI=1S/C13H21NOS/c1-4-16-13-8-6-5-7-12(13)11(3)14-9-10(2)15/h5-8,10-11,14-15H,4,9H2,1-3H3/t10-,11?/m0/s1. The summed E-state index contributed by atoms with van der Waals surface area (Å²) in [5.74, 6) is 1.08. The van der Waals surface area contributed by atoms with Gasteiger partial charge in [-0.2, -0.15) is 0 Å². The summed E-state index contributed by atoms with van der Waals surface area (Å²) in [6, 6.07) is 8.73. The van der Waals surface area contributed by atoms with Gasteiger partial charge in [0.1, 0.15) is 0 Å². The third kappa shape index (κ3) is 4.16. The van der Waals surface area contributed by atoms with Crippen LogP contribution in [-0.2, 0) is 0 Å². The Hall–Kier alpha value is -0.510. The molecular formula is C13H21NOS. The fourth-order valence-electron chi connectivity index (χ4n) is 1.58. The van der Waals surface area contributed by atoms with Crippen LogP contribution in [0.1, 0.15) is 32.4 Å². The Morgan fingerprint density at radius 1 is 1.31 bits per heavy atom. The first-order chi connectivity index (χ1) is 7.65. The van der Waals surface area contributed by atoms with E-state index in [9.17, 15) is 5.11 Å². The van der Waals surface area contributed by atoms with Crippen molar-refractivity contribution in [3.05, 3.63) is 29.8 Å². The number of hydrogen-bond donors (Lipinski definition) is 2. The van der Waals surface area contributed by atoms with Crippen LogP contribution in [0.3, 0.4) is 0 Å². The van der Waals surface area contributed by atoms with E-state index in [0.29, 0.717) is 6.54 Å². The second-order valence-electron chi connectivity index (χ2n) is 3.95. The first-order valence-corrected chi connectivity index (χ1v) is 6.76. The van der Waals surface area contributed by atoms with Crippen molar-refractivity contribution in [1.82, 2.24) is 5.32 Å². The maximum atomic E-state index is 9.25. The first kappa shape index (κ1) is 13.6. The molecule has 2 N–H and O–H groups in total. The van der Waals surface area contributed by atoms with E-state index in [-0.39, 0.29) is 12.1 Å². The van der Waals surface area contributed by atoms with Crippen LogP contribution in [0.15, 0.2) is 29.2 Å². The zero-order chi connectivity index (χ0) is 12.0. The molecule has 2 atom stereocenters.